The lowest BCUT2D eigenvalue weighted by molar-refractivity contribution is -0.139. The zero-order valence-electron chi connectivity index (χ0n) is 14.6. The maximum Gasteiger partial charge on any atom is 0.420 e. The van der Waals surface area contributed by atoms with Gasteiger partial charge in [0.05, 0.1) is 16.2 Å². The molecule has 0 aliphatic rings. The second-order valence-corrected chi connectivity index (χ2v) is 8.09. The highest BCUT2D eigenvalue weighted by atomic mass is 32.2. The largest absolute Gasteiger partial charge is 0.481 e. The Morgan fingerprint density at radius 3 is 2.36 bits per heavy atom. The van der Waals surface area contributed by atoms with Gasteiger partial charge in [0.2, 0.25) is 0 Å². The van der Waals surface area contributed by atoms with Crippen LogP contribution in [-0.2, 0) is 27.2 Å². The Morgan fingerprint density at radius 1 is 1.11 bits per heavy atom. The zero-order chi connectivity index (χ0) is 21.1. The summed E-state index contributed by atoms with van der Waals surface area (Å²) in [6, 6.07) is 5.37. The van der Waals surface area contributed by atoms with E-state index in [1.807, 2.05) is 0 Å². The van der Waals surface area contributed by atoms with Gasteiger partial charge in [-0.3, -0.25) is 4.79 Å². The van der Waals surface area contributed by atoms with Gasteiger partial charge in [-0.05, 0) is 36.2 Å². The highest BCUT2D eigenvalue weighted by molar-refractivity contribution is 7.91. The third kappa shape index (κ3) is 5.22. The Hall–Kier alpha value is -2.62. The molecule has 0 saturated heterocycles. The molecule has 5 nitrogen and oxygen atoms in total. The highest BCUT2D eigenvalue weighted by Gasteiger charge is 2.36. The summed E-state index contributed by atoms with van der Waals surface area (Å²) in [5, 5.41) is 8.77. The van der Waals surface area contributed by atoms with Gasteiger partial charge in [0, 0.05) is 12.5 Å². The summed E-state index contributed by atoms with van der Waals surface area (Å²) in [7, 11) is -3.88. The molecule has 2 rings (SSSR count). The fraction of sp³-hybridized carbons (Fsp3) is 0.278. The molecule has 0 aromatic heterocycles. The molecule has 152 valence electrons. The highest BCUT2D eigenvalue weighted by Crippen LogP contribution is 2.40. The summed E-state index contributed by atoms with van der Waals surface area (Å²) in [4.78, 5) is 10.2. The minimum absolute atomic E-state index is 0.0887. The van der Waals surface area contributed by atoms with E-state index < -0.39 is 44.0 Å². The summed E-state index contributed by atoms with van der Waals surface area (Å²) >= 11 is 0. The molecule has 2 aromatic rings. The summed E-state index contributed by atoms with van der Waals surface area (Å²) in [5.74, 6) is -3.30. The molecule has 0 saturated carbocycles. The van der Waals surface area contributed by atoms with Crippen LogP contribution in [0, 0.1) is 5.82 Å². The van der Waals surface area contributed by atoms with Gasteiger partial charge >= 0.3 is 12.1 Å². The molecule has 0 aliphatic heterocycles. The van der Waals surface area contributed by atoms with Crippen molar-refractivity contribution >= 4 is 15.8 Å². The summed E-state index contributed by atoms with van der Waals surface area (Å²) in [5.41, 5.74) is -1.14. The van der Waals surface area contributed by atoms with Crippen molar-refractivity contribution in [2.75, 3.05) is 5.75 Å². The van der Waals surface area contributed by atoms with Gasteiger partial charge in [0.15, 0.2) is 9.84 Å². The number of aryl methyl sites for hydroxylation is 1. The number of ether oxygens (including phenoxy) is 1. The molecule has 1 N–H and O–H groups in total. The van der Waals surface area contributed by atoms with Crippen molar-refractivity contribution in [2.45, 2.75) is 30.8 Å². The molecule has 10 heteroatoms. The molecular formula is C18H16F4O5S. The van der Waals surface area contributed by atoms with Crippen LogP contribution in [0.1, 0.15) is 24.5 Å². The SMILES string of the molecule is CCS(=O)(=O)c1ccc(Oc2cc(F)ccc2CCC(=O)O)c(C(F)(F)F)c1. The van der Waals surface area contributed by atoms with E-state index >= 15 is 0 Å². The smallest absolute Gasteiger partial charge is 0.420 e. The van der Waals surface area contributed by atoms with Crippen LogP contribution in [0.5, 0.6) is 11.5 Å². The molecule has 0 aliphatic carbocycles. The first-order chi connectivity index (χ1) is 12.9. The van der Waals surface area contributed by atoms with E-state index in [1.165, 1.54) is 13.0 Å². The number of hydrogen-bond donors (Lipinski definition) is 1. The number of carboxylic acid groups (broad SMARTS) is 1. The van der Waals surface area contributed by atoms with E-state index in [-0.39, 0.29) is 29.9 Å². The third-order valence-corrected chi connectivity index (χ3v) is 5.59. The number of halogens is 4. The van der Waals surface area contributed by atoms with Gasteiger partial charge in [-0.1, -0.05) is 13.0 Å². The molecule has 0 unspecified atom stereocenters. The molecule has 0 bridgehead atoms. The zero-order valence-corrected chi connectivity index (χ0v) is 15.4. The number of hydrogen-bond acceptors (Lipinski definition) is 4. The number of benzene rings is 2. The fourth-order valence-corrected chi connectivity index (χ4v) is 3.28. The maximum absolute atomic E-state index is 13.6. The number of carboxylic acids is 1. The van der Waals surface area contributed by atoms with Gasteiger partial charge in [-0.25, -0.2) is 12.8 Å². The fourth-order valence-electron chi connectivity index (χ4n) is 2.37. The van der Waals surface area contributed by atoms with E-state index in [2.05, 4.69) is 0 Å². The van der Waals surface area contributed by atoms with Crippen molar-refractivity contribution in [3.05, 3.63) is 53.3 Å². The van der Waals surface area contributed by atoms with Gasteiger partial charge in [-0.15, -0.1) is 0 Å². The Bertz CT molecular complexity index is 984. The van der Waals surface area contributed by atoms with E-state index in [4.69, 9.17) is 9.84 Å². The quantitative estimate of drug-likeness (QED) is 0.670. The first kappa shape index (κ1) is 21.7. The van der Waals surface area contributed by atoms with Crippen LogP contribution in [0.25, 0.3) is 0 Å². The molecule has 2 aromatic carbocycles. The lowest BCUT2D eigenvalue weighted by Crippen LogP contribution is -2.11. The predicted octanol–water partition coefficient (Wildman–Crippen LogP) is 4.45. The van der Waals surface area contributed by atoms with Crippen molar-refractivity contribution in [1.29, 1.82) is 0 Å². The first-order valence-electron chi connectivity index (χ1n) is 8.06. The van der Waals surface area contributed by atoms with Crippen molar-refractivity contribution < 1.29 is 40.6 Å². The molecule has 0 heterocycles. The van der Waals surface area contributed by atoms with E-state index in [9.17, 15) is 30.8 Å². The van der Waals surface area contributed by atoms with Crippen LogP contribution >= 0.6 is 0 Å². The summed E-state index contributed by atoms with van der Waals surface area (Å²) < 4.78 is 82.8. The van der Waals surface area contributed by atoms with Gasteiger partial charge in [-0.2, -0.15) is 13.2 Å². The average molecular weight is 420 g/mol. The number of carbonyl (C=O) groups is 1. The number of rotatable bonds is 7. The Balaban J connectivity index is 2.52. The van der Waals surface area contributed by atoms with Gasteiger partial charge < -0.3 is 9.84 Å². The van der Waals surface area contributed by atoms with Crippen molar-refractivity contribution in [1.82, 2.24) is 0 Å². The van der Waals surface area contributed by atoms with Gasteiger partial charge in [0.25, 0.3) is 0 Å². The van der Waals surface area contributed by atoms with Crippen molar-refractivity contribution in [3.8, 4) is 11.5 Å². The van der Waals surface area contributed by atoms with Crippen LogP contribution in [0.3, 0.4) is 0 Å². The maximum atomic E-state index is 13.6. The topological polar surface area (TPSA) is 80.7 Å². The van der Waals surface area contributed by atoms with Crippen LogP contribution < -0.4 is 4.74 Å². The second kappa shape index (κ2) is 8.17. The number of alkyl halides is 3. The molecule has 0 atom stereocenters. The lowest BCUT2D eigenvalue weighted by atomic mass is 10.1. The summed E-state index contributed by atoms with van der Waals surface area (Å²) in [6.07, 6.45) is -5.35. The summed E-state index contributed by atoms with van der Waals surface area (Å²) in [6.45, 7) is 1.30. The van der Waals surface area contributed by atoms with E-state index in [0.29, 0.717) is 6.07 Å². The Morgan fingerprint density at radius 2 is 1.79 bits per heavy atom. The van der Waals surface area contributed by atoms with Crippen LogP contribution in [-0.4, -0.2) is 25.2 Å². The lowest BCUT2D eigenvalue weighted by Gasteiger charge is -2.17. The minimum Gasteiger partial charge on any atom is -0.481 e. The minimum atomic E-state index is -4.93. The Labute approximate surface area is 158 Å². The monoisotopic (exact) mass is 420 g/mol. The molecule has 0 spiro atoms. The number of aliphatic carboxylic acids is 1. The molecule has 28 heavy (non-hydrogen) atoms. The van der Waals surface area contributed by atoms with E-state index in [0.717, 1.165) is 24.3 Å². The Kier molecular flexibility index (Phi) is 6.33. The molecular weight excluding hydrogens is 404 g/mol. The van der Waals surface area contributed by atoms with Crippen molar-refractivity contribution in [3.63, 3.8) is 0 Å². The van der Waals surface area contributed by atoms with Crippen LogP contribution in [0.2, 0.25) is 0 Å². The van der Waals surface area contributed by atoms with E-state index in [1.54, 1.807) is 0 Å². The van der Waals surface area contributed by atoms with Gasteiger partial charge in [0.1, 0.15) is 17.3 Å². The predicted molar refractivity (Wildman–Crippen MR) is 91.6 cm³/mol. The van der Waals surface area contributed by atoms with Crippen molar-refractivity contribution in [2.24, 2.45) is 0 Å². The normalized spacial score (nSPS) is 12.0. The second-order valence-electron chi connectivity index (χ2n) is 5.81. The average Bonchev–Trinajstić information content (AvgIpc) is 2.60. The van der Waals surface area contributed by atoms with Crippen LogP contribution in [0.15, 0.2) is 41.3 Å². The molecule has 0 fully saturated rings. The first-order valence-corrected chi connectivity index (χ1v) is 9.71. The molecule has 0 radical (unpaired) electrons. The standard InChI is InChI=1S/C18H16F4O5S/c1-2-28(25,26)13-6-7-15(14(10-13)18(20,21)22)27-16-9-12(19)5-3-11(16)4-8-17(23)24/h3,5-7,9-10H,2,4,8H2,1H3,(H,23,24). The number of sulfone groups is 1. The third-order valence-electron chi connectivity index (χ3n) is 3.85. The molecule has 0 amide bonds. The van der Waals surface area contributed by atoms with Crippen LogP contribution in [0.4, 0.5) is 17.6 Å².